The van der Waals surface area contributed by atoms with E-state index in [0.717, 1.165) is 22.2 Å². The summed E-state index contributed by atoms with van der Waals surface area (Å²) in [5.41, 5.74) is 2.84. The maximum Gasteiger partial charge on any atom is 0.125 e. The molecule has 2 nitrogen and oxygen atoms in total. The molecule has 0 fully saturated rings. The zero-order valence-corrected chi connectivity index (χ0v) is 14.2. The van der Waals surface area contributed by atoms with Gasteiger partial charge < -0.3 is 9.84 Å². The van der Waals surface area contributed by atoms with Crippen LogP contribution in [0.25, 0.3) is 0 Å². The molecule has 0 radical (unpaired) electrons. The van der Waals surface area contributed by atoms with Gasteiger partial charge in [0.1, 0.15) is 10.1 Å². The van der Waals surface area contributed by atoms with Crippen molar-refractivity contribution in [1.82, 2.24) is 0 Å². The van der Waals surface area contributed by atoms with Crippen LogP contribution in [0.4, 0.5) is 0 Å². The largest absolute Gasteiger partial charge is 0.493 e. The van der Waals surface area contributed by atoms with Gasteiger partial charge in [0.15, 0.2) is 0 Å². The highest BCUT2D eigenvalue weighted by Crippen LogP contribution is 2.39. The first-order valence-electron chi connectivity index (χ1n) is 6.11. The Balaban J connectivity index is 1.90. The second-order valence-corrected chi connectivity index (χ2v) is 7.85. The van der Waals surface area contributed by atoms with E-state index < -0.39 is 6.10 Å². The Hall–Kier alpha value is -0.260. The number of ether oxygens (including phenoxy) is 1. The lowest BCUT2D eigenvalue weighted by molar-refractivity contribution is 0.177. The summed E-state index contributed by atoms with van der Waals surface area (Å²) in [4.78, 5) is 0. The molecule has 1 aromatic carbocycles. The van der Waals surface area contributed by atoms with Crippen molar-refractivity contribution in [3.05, 3.63) is 48.0 Å². The van der Waals surface area contributed by atoms with Crippen LogP contribution in [0, 0.1) is 0 Å². The molecule has 106 valence electrons. The molecule has 2 heterocycles. The van der Waals surface area contributed by atoms with Gasteiger partial charge in [0, 0.05) is 22.9 Å². The second-order valence-electron chi connectivity index (χ2n) is 4.65. The molecule has 0 bridgehead atoms. The quantitative estimate of drug-likeness (QED) is 0.792. The number of aliphatic hydroxyl groups is 1. The van der Waals surface area contributed by atoms with E-state index in [1.807, 2.05) is 6.07 Å². The summed E-state index contributed by atoms with van der Waals surface area (Å²) in [6.45, 7) is 0.694. The lowest BCUT2D eigenvalue weighted by atomic mass is 10.0. The zero-order chi connectivity index (χ0) is 14.3. The molecular weight excluding hydrogens is 383 g/mol. The summed E-state index contributed by atoms with van der Waals surface area (Å²) >= 11 is 16.8. The Kier molecular flexibility index (Phi) is 4.29. The van der Waals surface area contributed by atoms with Crippen LogP contribution in [0.1, 0.15) is 22.8 Å². The van der Waals surface area contributed by atoms with Crippen LogP contribution in [-0.4, -0.2) is 11.7 Å². The molecule has 0 spiro atoms. The fraction of sp³-hybridized carbons (Fsp3) is 0.286. The molecule has 0 saturated heterocycles. The number of thiophene rings is 1. The van der Waals surface area contributed by atoms with E-state index in [2.05, 4.69) is 22.0 Å². The first-order valence-corrected chi connectivity index (χ1v) is 8.48. The van der Waals surface area contributed by atoms with E-state index in [1.165, 1.54) is 16.9 Å². The van der Waals surface area contributed by atoms with Gasteiger partial charge in [-0.2, -0.15) is 0 Å². The molecule has 1 unspecified atom stereocenters. The third-order valence-electron chi connectivity index (χ3n) is 3.28. The molecule has 0 saturated carbocycles. The van der Waals surface area contributed by atoms with E-state index in [0.29, 0.717) is 27.3 Å². The molecule has 1 atom stereocenters. The minimum Gasteiger partial charge on any atom is -0.493 e. The van der Waals surface area contributed by atoms with E-state index in [-0.39, 0.29) is 0 Å². The Bertz CT molecular complexity index is 657. The van der Waals surface area contributed by atoms with E-state index >= 15 is 0 Å². The van der Waals surface area contributed by atoms with Gasteiger partial charge in [-0.15, -0.1) is 11.3 Å². The SMILES string of the molecule is OC(Cc1cc(Br)cc2c1OCC2)c1cc(Cl)sc1Cl. The van der Waals surface area contributed by atoms with Gasteiger partial charge in [-0.1, -0.05) is 39.1 Å². The lowest BCUT2D eigenvalue weighted by Gasteiger charge is -2.13. The Morgan fingerprint density at radius 3 is 2.85 bits per heavy atom. The molecule has 0 amide bonds. The van der Waals surface area contributed by atoms with Gasteiger partial charge in [0.05, 0.1) is 17.0 Å². The van der Waals surface area contributed by atoms with Crippen molar-refractivity contribution in [2.45, 2.75) is 18.9 Å². The molecule has 1 N–H and O–H groups in total. The summed E-state index contributed by atoms with van der Waals surface area (Å²) in [5.74, 6) is 0.893. The normalized spacial score (nSPS) is 15.0. The number of rotatable bonds is 3. The van der Waals surface area contributed by atoms with E-state index in [9.17, 15) is 5.11 Å². The summed E-state index contributed by atoms with van der Waals surface area (Å²) < 4.78 is 7.79. The Labute approximate surface area is 139 Å². The van der Waals surface area contributed by atoms with Crippen LogP contribution >= 0.6 is 50.5 Å². The van der Waals surface area contributed by atoms with Gasteiger partial charge in [-0.3, -0.25) is 0 Å². The fourth-order valence-electron chi connectivity index (χ4n) is 2.40. The third-order valence-corrected chi connectivity index (χ3v) is 5.26. The van der Waals surface area contributed by atoms with Gasteiger partial charge in [-0.05, 0) is 29.3 Å². The second kappa shape index (κ2) is 5.85. The van der Waals surface area contributed by atoms with Crippen LogP contribution in [-0.2, 0) is 12.8 Å². The van der Waals surface area contributed by atoms with Crippen LogP contribution in [0.5, 0.6) is 5.75 Å². The van der Waals surface area contributed by atoms with Crippen molar-refractivity contribution in [3.63, 3.8) is 0 Å². The summed E-state index contributed by atoms with van der Waals surface area (Å²) in [7, 11) is 0. The first kappa shape index (κ1) is 14.7. The number of hydrogen-bond donors (Lipinski definition) is 1. The monoisotopic (exact) mass is 392 g/mol. The highest BCUT2D eigenvalue weighted by atomic mass is 79.9. The number of hydrogen-bond acceptors (Lipinski definition) is 3. The standard InChI is InChI=1S/C14H11BrCl2O2S/c15-9-3-7-1-2-19-13(7)8(4-9)5-11(18)10-6-12(16)20-14(10)17/h3-4,6,11,18H,1-2,5H2. The van der Waals surface area contributed by atoms with Crippen molar-refractivity contribution >= 4 is 50.5 Å². The highest BCUT2D eigenvalue weighted by molar-refractivity contribution is 9.10. The molecule has 1 aliphatic heterocycles. The Morgan fingerprint density at radius 1 is 1.35 bits per heavy atom. The summed E-state index contributed by atoms with van der Waals surface area (Å²) in [6, 6.07) is 5.76. The van der Waals surface area contributed by atoms with Gasteiger partial charge in [0.25, 0.3) is 0 Å². The topological polar surface area (TPSA) is 29.5 Å². The van der Waals surface area contributed by atoms with Crippen molar-refractivity contribution in [3.8, 4) is 5.75 Å². The molecule has 6 heteroatoms. The van der Waals surface area contributed by atoms with Gasteiger partial charge in [-0.25, -0.2) is 0 Å². The number of benzene rings is 1. The molecule has 2 aromatic rings. The van der Waals surface area contributed by atoms with Crippen molar-refractivity contribution in [2.24, 2.45) is 0 Å². The maximum atomic E-state index is 10.4. The van der Waals surface area contributed by atoms with Crippen molar-refractivity contribution in [2.75, 3.05) is 6.61 Å². The highest BCUT2D eigenvalue weighted by Gasteiger charge is 2.22. The number of aliphatic hydroxyl groups excluding tert-OH is 1. The predicted octanol–water partition coefficient (Wildman–Crippen LogP) is 5.03. The molecule has 20 heavy (non-hydrogen) atoms. The summed E-state index contributed by atoms with van der Waals surface area (Å²) in [6.07, 6.45) is 0.672. The van der Waals surface area contributed by atoms with E-state index in [4.69, 9.17) is 27.9 Å². The third kappa shape index (κ3) is 2.85. The van der Waals surface area contributed by atoms with Crippen LogP contribution in [0.2, 0.25) is 8.67 Å². The molecule has 0 aliphatic carbocycles. The van der Waals surface area contributed by atoms with Gasteiger partial charge in [0.2, 0.25) is 0 Å². The average Bonchev–Trinajstić information content (AvgIpc) is 2.95. The van der Waals surface area contributed by atoms with Gasteiger partial charge >= 0.3 is 0 Å². The average molecular weight is 394 g/mol. The predicted molar refractivity (Wildman–Crippen MR) is 86.3 cm³/mol. The zero-order valence-electron chi connectivity index (χ0n) is 10.3. The lowest BCUT2D eigenvalue weighted by Crippen LogP contribution is -2.03. The van der Waals surface area contributed by atoms with Crippen LogP contribution in [0.3, 0.4) is 0 Å². The van der Waals surface area contributed by atoms with Crippen LogP contribution < -0.4 is 4.74 Å². The molecular formula is C14H11BrCl2O2S. The maximum absolute atomic E-state index is 10.4. The Morgan fingerprint density at radius 2 is 2.15 bits per heavy atom. The molecule has 1 aliphatic rings. The summed E-state index contributed by atoms with van der Waals surface area (Å²) in [5, 5.41) is 10.4. The van der Waals surface area contributed by atoms with Crippen LogP contribution in [0.15, 0.2) is 22.7 Å². The molecule has 1 aromatic heterocycles. The van der Waals surface area contributed by atoms with Crippen molar-refractivity contribution in [1.29, 1.82) is 0 Å². The molecule has 3 rings (SSSR count). The van der Waals surface area contributed by atoms with E-state index in [1.54, 1.807) is 6.07 Å². The minimum atomic E-state index is -0.686. The minimum absolute atomic E-state index is 0.453. The number of halogens is 3. The van der Waals surface area contributed by atoms with Crippen molar-refractivity contribution < 1.29 is 9.84 Å². The first-order chi connectivity index (χ1) is 9.54. The number of fused-ring (bicyclic) bond motifs is 1. The smallest absolute Gasteiger partial charge is 0.125 e. The fourth-order valence-corrected chi connectivity index (χ4v) is 4.52.